The first-order valence-corrected chi connectivity index (χ1v) is 8.23. The van der Waals surface area contributed by atoms with Crippen LogP contribution in [0.1, 0.15) is 6.92 Å². The molecule has 0 saturated carbocycles. The van der Waals surface area contributed by atoms with Gasteiger partial charge in [-0.15, -0.1) is 0 Å². The van der Waals surface area contributed by atoms with E-state index < -0.39 is 8.32 Å². The Morgan fingerprint density at radius 1 is 1.21 bits per heavy atom. The quantitative estimate of drug-likeness (QED) is 0.654. The largest absolute Gasteiger partial charge is 0.416 e. The lowest BCUT2D eigenvalue weighted by Gasteiger charge is -2.41. The van der Waals surface area contributed by atoms with E-state index in [9.17, 15) is 0 Å². The van der Waals surface area contributed by atoms with Crippen LogP contribution >= 0.6 is 0 Å². The van der Waals surface area contributed by atoms with E-state index in [-0.39, 0.29) is 0 Å². The van der Waals surface area contributed by atoms with Gasteiger partial charge >= 0.3 is 0 Å². The summed E-state index contributed by atoms with van der Waals surface area (Å²) in [5.41, 5.74) is 0.730. The lowest BCUT2D eigenvalue weighted by Crippen LogP contribution is -2.50. The van der Waals surface area contributed by atoms with Crippen LogP contribution in [0.3, 0.4) is 0 Å². The Morgan fingerprint density at radius 3 is 2.21 bits per heavy atom. The molecule has 1 atom stereocenters. The highest BCUT2D eigenvalue weighted by atomic mass is 28.4. The van der Waals surface area contributed by atoms with Gasteiger partial charge < -0.3 is 13.9 Å². The zero-order chi connectivity index (χ0) is 10.0. The zero-order valence-corrected chi connectivity index (χ0v) is 10.1. The fraction of sp³-hybridized carbons (Fsp3) is 1.00. The molecule has 82 valence electrons. The van der Waals surface area contributed by atoms with Gasteiger partial charge in [0.15, 0.2) is 8.32 Å². The lowest BCUT2D eigenvalue weighted by atomic mass is 10.1. The first-order valence-electron chi connectivity index (χ1n) is 5.54. The van der Waals surface area contributed by atoms with Crippen molar-refractivity contribution >= 4 is 8.32 Å². The third-order valence-electron chi connectivity index (χ3n) is 3.56. The Morgan fingerprint density at radius 2 is 1.86 bits per heavy atom. The second-order valence-corrected chi connectivity index (χ2v) is 9.05. The molecule has 14 heavy (non-hydrogen) atoms. The molecule has 2 aliphatic heterocycles. The van der Waals surface area contributed by atoms with Gasteiger partial charge in [-0.3, -0.25) is 0 Å². The summed E-state index contributed by atoms with van der Waals surface area (Å²) < 4.78 is 16.6. The average molecular weight is 216 g/mol. The van der Waals surface area contributed by atoms with Gasteiger partial charge in [0.25, 0.3) is 0 Å². The van der Waals surface area contributed by atoms with Gasteiger partial charge in [-0.05, 0) is 12.6 Å². The fourth-order valence-corrected chi connectivity index (χ4v) is 4.36. The van der Waals surface area contributed by atoms with Crippen LogP contribution in [0.25, 0.3) is 0 Å². The first-order chi connectivity index (χ1) is 6.74. The van der Waals surface area contributed by atoms with E-state index in [4.69, 9.17) is 13.9 Å². The molecule has 3 nitrogen and oxygen atoms in total. The molecular formula is C10H20O3Si. The summed E-state index contributed by atoms with van der Waals surface area (Å²) in [5.74, 6) is 0.661. The van der Waals surface area contributed by atoms with Crippen LogP contribution in [0.15, 0.2) is 0 Å². The van der Waals surface area contributed by atoms with Gasteiger partial charge in [0.1, 0.15) is 0 Å². The molecule has 0 aromatic heterocycles. The summed E-state index contributed by atoms with van der Waals surface area (Å²) in [6.07, 6.45) is 0. The molecule has 4 heteroatoms. The third-order valence-corrected chi connectivity index (χ3v) is 7.85. The molecule has 2 fully saturated rings. The summed E-state index contributed by atoms with van der Waals surface area (Å²) in [4.78, 5) is 0. The minimum atomic E-state index is -1.47. The Balaban J connectivity index is 1.77. The smallest absolute Gasteiger partial charge is 0.197 e. The third kappa shape index (κ3) is 2.03. The second-order valence-electron chi connectivity index (χ2n) is 4.62. The van der Waals surface area contributed by atoms with Gasteiger partial charge in [0, 0.05) is 18.1 Å². The lowest BCUT2D eigenvalue weighted by molar-refractivity contribution is -0.0552. The van der Waals surface area contributed by atoms with E-state index in [2.05, 4.69) is 13.5 Å². The van der Waals surface area contributed by atoms with Gasteiger partial charge in [-0.2, -0.15) is 0 Å². The van der Waals surface area contributed by atoms with Gasteiger partial charge in [-0.1, -0.05) is 6.92 Å². The van der Waals surface area contributed by atoms with Crippen molar-refractivity contribution in [1.29, 1.82) is 0 Å². The molecule has 0 aromatic carbocycles. The highest BCUT2D eigenvalue weighted by Gasteiger charge is 2.42. The summed E-state index contributed by atoms with van der Waals surface area (Å²) in [6.45, 7) is 9.16. The predicted molar refractivity (Wildman–Crippen MR) is 56.9 cm³/mol. The van der Waals surface area contributed by atoms with Crippen molar-refractivity contribution in [3.8, 4) is 0 Å². The van der Waals surface area contributed by atoms with E-state index >= 15 is 0 Å². The molecule has 0 amide bonds. The van der Waals surface area contributed by atoms with Crippen LogP contribution in [0.4, 0.5) is 0 Å². The number of hydrogen-bond donors (Lipinski definition) is 0. The average Bonchev–Trinajstić information content (AvgIpc) is 1.98. The topological polar surface area (TPSA) is 27.7 Å². The van der Waals surface area contributed by atoms with Crippen LogP contribution in [-0.4, -0.2) is 41.4 Å². The van der Waals surface area contributed by atoms with E-state index in [1.165, 1.54) is 6.04 Å². The zero-order valence-electron chi connectivity index (χ0n) is 9.12. The van der Waals surface area contributed by atoms with Crippen molar-refractivity contribution in [3.63, 3.8) is 0 Å². The highest BCUT2D eigenvalue weighted by Crippen LogP contribution is 2.33. The summed E-state index contributed by atoms with van der Waals surface area (Å²) in [7, 11) is -1.47. The second kappa shape index (κ2) is 4.31. The number of ether oxygens (including phenoxy) is 2. The van der Waals surface area contributed by atoms with E-state index in [1.807, 2.05) is 0 Å². The Kier molecular flexibility index (Phi) is 3.26. The van der Waals surface area contributed by atoms with Gasteiger partial charge in [-0.25, -0.2) is 0 Å². The SMILES string of the molecule is CC[Si](C)(OCC1COC1)C1COC1. The van der Waals surface area contributed by atoms with Crippen LogP contribution in [-0.2, 0) is 13.9 Å². The Labute approximate surface area is 86.9 Å². The van der Waals surface area contributed by atoms with Crippen molar-refractivity contribution in [2.45, 2.75) is 25.1 Å². The van der Waals surface area contributed by atoms with Crippen LogP contribution in [0, 0.1) is 5.92 Å². The molecule has 0 radical (unpaired) electrons. The van der Waals surface area contributed by atoms with Crippen LogP contribution < -0.4 is 0 Å². The molecule has 0 bridgehead atoms. The van der Waals surface area contributed by atoms with Gasteiger partial charge in [0.2, 0.25) is 0 Å². The fourth-order valence-electron chi connectivity index (χ4n) is 1.79. The summed E-state index contributed by atoms with van der Waals surface area (Å²) in [6, 6.07) is 1.20. The molecule has 0 aliphatic carbocycles. The minimum absolute atomic E-state index is 0.661. The molecule has 0 N–H and O–H groups in total. The molecule has 2 saturated heterocycles. The van der Waals surface area contributed by atoms with Crippen molar-refractivity contribution in [2.75, 3.05) is 33.0 Å². The van der Waals surface area contributed by atoms with Crippen LogP contribution in [0.2, 0.25) is 18.1 Å². The molecule has 0 aromatic rings. The minimum Gasteiger partial charge on any atom is -0.416 e. The normalized spacial score (nSPS) is 27.9. The first kappa shape index (κ1) is 10.6. The number of rotatable bonds is 5. The van der Waals surface area contributed by atoms with Crippen molar-refractivity contribution < 1.29 is 13.9 Å². The molecule has 2 heterocycles. The standard InChI is InChI=1S/C10H20O3Si/c1-3-14(2,10-7-12-8-10)13-6-9-4-11-5-9/h9-10H,3-8H2,1-2H3. The molecule has 0 spiro atoms. The van der Waals surface area contributed by atoms with Crippen molar-refractivity contribution in [1.82, 2.24) is 0 Å². The molecular weight excluding hydrogens is 196 g/mol. The van der Waals surface area contributed by atoms with Crippen molar-refractivity contribution in [3.05, 3.63) is 0 Å². The Bertz CT molecular complexity index is 192. The predicted octanol–water partition coefficient (Wildman–Crippen LogP) is 1.64. The maximum absolute atomic E-state index is 6.17. The van der Waals surface area contributed by atoms with E-state index in [1.54, 1.807) is 0 Å². The molecule has 2 aliphatic rings. The highest BCUT2D eigenvalue weighted by molar-refractivity contribution is 6.74. The van der Waals surface area contributed by atoms with Crippen LogP contribution in [0.5, 0.6) is 0 Å². The maximum atomic E-state index is 6.17. The molecule has 1 unspecified atom stereocenters. The van der Waals surface area contributed by atoms with Crippen molar-refractivity contribution in [2.24, 2.45) is 5.92 Å². The maximum Gasteiger partial charge on any atom is 0.197 e. The van der Waals surface area contributed by atoms with Gasteiger partial charge in [0.05, 0.1) is 26.4 Å². The summed E-state index contributed by atoms with van der Waals surface area (Å²) >= 11 is 0. The van der Waals surface area contributed by atoms with E-state index in [0.717, 1.165) is 38.6 Å². The Hall–Kier alpha value is 0.0969. The summed E-state index contributed by atoms with van der Waals surface area (Å²) in [5, 5.41) is 0. The molecule has 2 rings (SSSR count). The monoisotopic (exact) mass is 216 g/mol. The van der Waals surface area contributed by atoms with E-state index in [0.29, 0.717) is 5.92 Å². The number of hydrogen-bond acceptors (Lipinski definition) is 3.